The third-order valence-corrected chi connectivity index (χ3v) is 5.14. The lowest BCUT2D eigenvalue weighted by molar-refractivity contribution is -0.142. The van der Waals surface area contributed by atoms with E-state index >= 15 is 0 Å². The van der Waals surface area contributed by atoms with Crippen LogP contribution >= 0.6 is 23.2 Å². The number of halogens is 2. The normalized spacial score (nSPS) is 12.7. The monoisotopic (exact) mass is 436 g/mol. The van der Waals surface area contributed by atoms with Gasteiger partial charge >= 0.3 is 0 Å². The Hall–Kier alpha value is -2.24. The average Bonchev–Trinajstić information content (AvgIpc) is 2.71. The van der Waals surface area contributed by atoms with Crippen molar-refractivity contribution >= 4 is 35.0 Å². The van der Waals surface area contributed by atoms with Gasteiger partial charge in [0.1, 0.15) is 11.8 Å². The first kappa shape index (κ1) is 23.0. The van der Waals surface area contributed by atoms with Gasteiger partial charge in [0.2, 0.25) is 5.91 Å². The maximum absolute atomic E-state index is 13.0. The van der Waals surface area contributed by atoms with Gasteiger partial charge in [-0.05, 0) is 44.0 Å². The molecule has 0 aliphatic carbocycles. The molecule has 0 fully saturated rings. The molecule has 0 unspecified atom stereocenters. The average molecular weight is 437 g/mol. The van der Waals surface area contributed by atoms with E-state index in [0.29, 0.717) is 22.3 Å². The molecule has 2 aromatic carbocycles. The second kappa shape index (κ2) is 11.1. The molecule has 0 radical (unpaired) electrons. The van der Waals surface area contributed by atoms with E-state index in [9.17, 15) is 9.59 Å². The SMILES string of the molecule is CC[C@@H](C)NC(=O)[C@@H](C)N(Cc1ccccc1)C(=O)COc1ccc(Cl)cc1Cl. The van der Waals surface area contributed by atoms with Crippen LogP contribution in [0.3, 0.4) is 0 Å². The van der Waals surface area contributed by atoms with Crippen molar-refractivity contribution in [1.82, 2.24) is 10.2 Å². The van der Waals surface area contributed by atoms with Gasteiger partial charge in [0.25, 0.3) is 5.91 Å². The van der Waals surface area contributed by atoms with Gasteiger partial charge < -0.3 is 15.0 Å². The van der Waals surface area contributed by atoms with E-state index in [1.165, 1.54) is 4.90 Å². The highest BCUT2D eigenvalue weighted by Gasteiger charge is 2.27. The molecule has 1 N–H and O–H groups in total. The number of amides is 2. The minimum Gasteiger partial charge on any atom is -0.482 e. The number of nitrogens with zero attached hydrogens (tertiary/aromatic N) is 1. The third kappa shape index (κ3) is 6.94. The number of rotatable bonds is 9. The molecule has 0 aliphatic heterocycles. The van der Waals surface area contributed by atoms with Crippen LogP contribution in [-0.2, 0) is 16.1 Å². The Balaban J connectivity index is 2.14. The Kier molecular flexibility index (Phi) is 8.80. The Morgan fingerprint density at radius 3 is 2.41 bits per heavy atom. The largest absolute Gasteiger partial charge is 0.482 e. The van der Waals surface area contributed by atoms with E-state index in [0.717, 1.165) is 12.0 Å². The summed E-state index contributed by atoms with van der Waals surface area (Å²) in [5.41, 5.74) is 0.925. The second-order valence-corrected chi connectivity index (χ2v) is 7.71. The lowest BCUT2D eigenvalue weighted by atomic mass is 10.1. The second-order valence-electron chi connectivity index (χ2n) is 6.86. The summed E-state index contributed by atoms with van der Waals surface area (Å²) in [6.45, 7) is 5.70. The summed E-state index contributed by atoms with van der Waals surface area (Å²) < 4.78 is 5.59. The van der Waals surface area contributed by atoms with Gasteiger partial charge in [0.15, 0.2) is 6.61 Å². The summed E-state index contributed by atoms with van der Waals surface area (Å²) in [4.78, 5) is 27.1. The van der Waals surface area contributed by atoms with Crippen LogP contribution in [0.25, 0.3) is 0 Å². The molecule has 0 aromatic heterocycles. The summed E-state index contributed by atoms with van der Waals surface area (Å²) in [6, 6.07) is 13.7. The van der Waals surface area contributed by atoms with Crippen molar-refractivity contribution in [1.29, 1.82) is 0 Å². The lowest BCUT2D eigenvalue weighted by Crippen LogP contribution is -2.50. The number of nitrogens with one attached hydrogen (secondary N) is 1. The molecule has 5 nitrogen and oxygen atoms in total. The van der Waals surface area contributed by atoms with Crippen molar-refractivity contribution in [2.75, 3.05) is 6.61 Å². The topological polar surface area (TPSA) is 58.6 Å². The Bertz CT molecular complexity index is 830. The predicted molar refractivity (Wildman–Crippen MR) is 116 cm³/mol. The van der Waals surface area contributed by atoms with Crippen molar-refractivity contribution in [3.05, 3.63) is 64.1 Å². The lowest BCUT2D eigenvalue weighted by Gasteiger charge is -2.29. The van der Waals surface area contributed by atoms with Gasteiger partial charge in [-0.2, -0.15) is 0 Å². The molecule has 0 saturated carbocycles. The van der Waals surface area contributed by atoms with Crippen molar-refractivity contribution in [3.63, 3.8) is 0 Å². The zero-order chi connectivity index (χ0) is 21.4. The highest BCUT2D eigenvalue weighted by molar-refractivity contribution is 6.35. The molecule has 2 atom stereocenters. The molecule has 2 aromatic rings. The maximum atomic E-state index is 13.0. The molecule has 2 amide bonds. The number of hydrogen-bond donors (Lipinski definition) is 1. The van der Waals surface area contributed by atoms with Gasteiger partial charge in [-0.15, -0.1) is 0 Å². The van der Waals surface area contributed by atoms with Gasteiger partial charge in [-0.1, -0.05) is 60.5 Å². The zero-order valence-electron chi connectivity index (χ0n) is 16.8. The van der Waals surface area contributed by atoms with Gasteiger partial charge in [-0.3, -0.25) is 9.59 Å². The first-order valence-electron chi connectivity index (χ1n) is 9.53. The van der Waals surface area contributed by atoms with E-state index in [-0.39, 0.29) is 24.5 Å². The first-order chi connectivity index (χ1) is 13.8. The minimum atomic E-state index is -0.652. The first-order valence-corrected chi connectivity index (χ1v) is 10.3. The predicted octanol–water partition coefficient (Wildman–Crippen LogP) is 4.70. The molecule has 156 valence electrons. The quantitative estimate of drug-likeness (QED) is 0.619. The smallest absolute Gasteiger partial charge is 0.261 e. The van der Waals surface area contributed by atoms with Crippen LogP contribution in [0.1, 0.15) is 32.8 Å². The number of carbonyl (C=O) groups excluding carboxylic acids is 2. The standard InChI is InChI=1S/C22H26Cl2N2O3/c1-4-15(2)25-22(28)16(3)26(13-17-8-6-5-7-9-17)21(27)14-29-20-11-10-18(23)12-19(20)24/h5-12,15-16H,4,13-14H2,1-3H3,(H,25,28)/t15-,16-/m1/s1. The molecule has 0 aliphatic rings. The van der Waals surface area contributed by atoms with Gasteiger partial charge in [0.05, 0.1) is 5.02 Å². The van der Waals surface area contributed by atoms with Gasteiger partial charge in [-0.25, -0.2) is 0 Å². The third-order valence-electron chi connectivity index (χ3n) is 4.61. The van der Waals surface area contributed by atoms with E-state index in [1.807, 2.05) is 44.2 Å². The van der Waals surface area contributed by atoms with E-state index in [4.69, 9.17) is 27.9 Å². The summed E-state index contributed by atoms with van der Waals surface area (Å²) in [5, 5.41) is 3.73. The van der Waals surface area contributed by atoms with E-state index < -0.39 is 6.04 Å². The van der Waals surface area contributed by atoms with Crippen molar-refractivity contribution in [2.45, 2.75) is 45.8 Å². The molecular weight excluding hydrogens is 411 g/mol. The zero-order valence-corrected chi connectivity index (χ0v) is 18.3. The summed E-state index contributed by atoms with van der Waals surface area (Å²) >= 11 is 12.0. The van der Waals surface area contributed by atoms with Crippen LogP contribution in [0.4, 0.5) is 0 Å². The van der Waals surface area contributed by atoms with Crippen LogP contribution < -0.4 is 10.1 Å². The van der Waals surface area contributed by atoms with Crippen LogP contribution in [0.15, 0.2) is 48.5 Å². The fourth-order valence-electron chi connectivity index (χ4n) is 2.64. The molecule has 0 saturated heterocycles. The Labute approximate surface area is 181 Å². The van der Waals surface area contributed by atoms with Gasteiger partial charge in [0, 0.05) is 17.6 Å². The molecule has 0 bridgehead atoms. The molecule has 0 heterocycles. The maximum Gasteiger partial charge on any atom is 0.261 e. The highest BCUT2D eigenvalue weighted by atomic mass is 35.5. The van der Waals surface area contributed by atoms with Crippen LogP contribution in [-0.4, -0.2) is 35.4 Å². The van der Waals surface area contributed by atoms with Crippen LogP contribution in [0.5, 0.6) is 5.75 Å². The van der Waals surface area contributed by atoms with Crippen LogP contribution in [0.2, 0.25) is 10.0 Å². The molecule has 29 heavy (non-hydrogen) atoms. The molecule has 7 heteroatoms. The molecular formula is C22H26Cl2N2O3. The number of hydrogen-bond acceptors (Lipinski definition) is 3. The number of carbonyl (C=O) groups is 2. The molecule has 0 spiro atoms. The van der Waals surface area contributed by atoms with E-state index in [2.05, 4.69) is 5.32 Å². The van der Waals surface area contributed by atoms with Crippen molar-refractivity contribution < 1.29 is 14.3 Å². The summed E-state index contributed by atoms with van der Waals surface area (Å²) in [6.07, 6.45) is 0.809. The number of benzene rings is 2. The number of ether oxygens (including phenoxy) is 1. The Morgan fingerprint density at radius 2 is 1.79 bits per heavy atom. The van der Waals surface area contributed by atoms with E-state index in [1.54, 1.807) is 25.1 Å². The minimum absolute atomic E-state index is 0.0303. The molecule has 2 rings (SSSR count). The fraction of sp³-hybridized carbons (Fsp3) is 0.364. The highest BCUT2D eigenvalue weighted by Crippen LogP contribution is 2.27. The van der Waals surface area contributed by atoms with Crippen LogP contribution in [0, 0.1) is 0 Å². The fourth-order valence-corrected chi connectivity index (χ4v) is 3.11. The summed E-state index contributed by atoms with van der Waals surface area (Å²) in [5.74, 6) is -0.152. The van der Waals surface area contributed by atoms with Crippen molar-refractivity contribution in [3.8, 4) is 5.75 Å². The Morgan fingerprint density at radius 1 is 1.10 bits per heavy atom. The van der Waals surface area contributed by atoms with Crippen molar-refractivity contribution in [2.24, 2.45) is 0 Å². The summed E-state index contributed by atoms with van der Waals surface area (Å²) in [7, 11) is 0.